The van der Waals surface area contributed by atoms with Crippen LogP contribution in [0.2, 0.25) is 0 Å². The van der Waals surface area contributed by atoms with Crippen molar-refractivity contribution in [3.8, 4) is 5.75 Å². The molecule has 0 saturated carbocycles. The van der Waals surface area contributed by atoms with Gasteiger partial charge in [0.2, 0.25) is 0 Å². The van der Waals surface area contributed by atoms with Crippen LogP contribution in [0.3, 0.4) is 0 Å². The second-order valence-corrected chi connectivity index (χ2v) is 4.31. The van der Waals surface area contributed by atoms with Crippen LogP contribution < -0.4 is 4.74 Å². The van der Waals surface area contributed by atoms with Gasteiger partial charge in [-0.1, -0.05) is 17.7 Å². The van der Waals surface area contributed by atoms with Gasteiger partial charge in [0.15, 0.2) is 5.76 Å². The van der Waals surface area contributed by atoms with Crippen molar-refractivity contribution in [2.45, 2.75) is 20.5 Å². The third kappa shape index (κ3) is 2.96. The zero-order valence-corrected chi connectivity index (χ0v) is 11.2. The molecule has 4 nitrogen and oxygen atoms in total. The van der Waals surface area contributed by atoms with Crippen LogP contribution in [-0.4, -0.2) is 13.1 Å². The molecule has 0 aliphatic carbocycles. The summed E-state index contributed by atoms with van der Waals surface area (Å²) in [4.78, 5) is 11.5. The molecule has 2 rings (SSSR count). The van der Waals surface area contributed by atoms with E-state index in [0.717, 1.165) is 11.3 Å². The Kier molecular flexibility index (Phi) is 3.90. The smallest absolute Gasteiger partial charge is 0.341 e. The largest absolute Gasteiger partial charge is 0.485 e. The molecule has 1 aromatic carbocycles. The molecule has 2 aromatic rings. The van der Waals surface area contributed by atoms with Gasteiger partial charge in [-0.25, -0.2) is 4.79 Å². The number of hydrogen-bond donors (Lipinski definition) is 0. The molecule has 0 bridgehead atoms. The van der Waals surface area contributed by atoms with Gasteiger partial charge in [-0.15, -0.1) is 0 Å². The summed E-state index contributed by atoms with van der Waals surface area (Å²) < 4.78 is 15.6. The maximum Gasteiger partial charge on any atom is 0.341 e. The number of hydrogen-bond acceptors (Lipinski definition) is 4. The highest BCUT2D eigenvalue weighted by Crippen LogP contribution is 2.21. The number of aryl methyl sites for hydroxylation is 2. The number of esters is 1. The highest BCUT2D eigenvalue weighted by Gasteiger charge is 2.15. The number of furan rings is 1. The van der Waals surface area contributed by atoms with Crippen molar-refractivity contribution in [1.82, 2.24) is 0 Å². The first-order valence-electron chi connectivity index (χ1n) is 5.96. The standard InChI is InChI=1S/C15H16O4/c1-10-4-5-13(11(2)8-10)19-9-14-12(6-7-18-14)15(16)17-3/h4-8H,9H2,1-3H3. The van der Waals surface area contributed by atoms with E-state index in [1.165, 1.54) is 18.9 Å². The lowest BCUT2D eigenvalue weighted by molar-refractivity contribution is 0.0595. The minimum Gasteiger partial charge on any atom is -0.485 e. The van der Waals surface area contributed by atoms with Gasteiger partial charge in [0, 0.05) is 0 Å². The fraction of sp³-hybridized carbons (Fsp3) is 0.267. The minimum atomic E-state index is -0.423. The van der Waals surface area contributed by atoms with Crippen molar-refractivity contribution < 1.29 is 18.7 Å². The average molecular weight is 260 g/mol. The zero-order valence-electron chi connectivity index (χ0n) is 11.2. The quantitative estimate of drug-likeness (QED) is 0.792. The molecule has 0 aliphatic rings. The predicted molar refractivity (Wildman–Crippen MR) is 70.3 cm³/mol. The van der Waals surface area contributed by atoms with Gasteiger partial charge in [-0.05, 0) is 31.5 Å². The first-order chi connectivity index (χ1) is 9.11. The van der Waals surface area contributed by atoms with Crippen molar-refractivity contribution >= 4 is 5.97 Å². The van der Waals surface area contributed by atoms with Gasteiger partial charge in [-0.3, -0.25) is 0 Å². The lowest BCUT2D eigenvalue weighted by atomic mass is 10.1. The number of ether oxygens (including phenoxy) is 2. The Bertz CT molecular complexity index is 584. The maximum atomic E-state index is 11.5. The molecular weight excluding hydrogens is 244 g/mol. The number of carbonyl (C=O) groups excluding carboxylic acids is 1. The van der Waals surface area contributed by atoms with Crippen LogP contribution in [0.25, 0.3) is 0 Å². The van der Waals surface area contributed by atoms with Gasteiger partial charge >= 0.3 is 5.97 Å². The van der Waals surface area contributed by atoms with Gasteiger partial charge in [0.05, 0.1) is 13.4 Å². The first kappa shape index (κ1) is 13.2. The number of benzene rings is 1. The highest BCUT2D eigenvalue weighted by atomic mass is 16.5. The molecule has 0 atom stereocenters. The molecule has 0 N–H and O–H groups in total. The third-order valence-electron chi connectivity index (χ3n) is 2.84. The van der Waals surface area contributed by atoms with E-state index in [2.05, 4.69) is 4.74 Å². The SMILES string of the molecule is COC(=O)c1ccoc1COc1ccc(C)cc1C. The van der Waals surface area contributed by atoms with Crippen molar-refractivity contribution in [2.24, 2.45) is 0 Å². The van der Waals surface area contributed by atoms with Crippen LogP contribution in [0.5, 0.6) is 5.75 Å². The summed E-state index contributed by atoms with van der Waals surface area (Å²) in [6, 6.07) is 7.50. The summed E-state index contributed by atoms with van der Waals surface area (Å²) in [5.41, 5.74) is 2.62. The summed E-state index contributed by atoms with van der Waals surface area (Å²) >= 11 is 0. The van der Waals surface area contributed by atoms with Gasteiger partial charge in [0.1, 0.15) is 17.9 Å². The molecule has 0 aliphatic heterocycles. The summed E-state index contributed by atoms with van der Waals surface area (Å²) in [6.45, 7) is 4.20. The van der Waals surface area contributed by atoms with Crippen LogP contribution in [-0.2, 0) is 11.3 Å². The summed E-state index contributed by atoms with van der Waals surface area (Å²) in [6.07, 6.45) is 1.45. The van der Waals surface area contributed by atoms with Crippen molar-refractivity contribution in [2.75, 3.05) is 7.11 Å². The topological polar surface area (TPSA) is 48.7 Å². The molecule has 100 valence electrons. The Labute approximate surface area is 111 Å². The van der Waals surface area contributed by atoms with Crippen LogP contribution >= 0.6 is 0 Å². The van der Waals surface area contributed by atoms with Gasteiger partial charge in [0.25, 0.3) is 0 Å². The molecule has 0 radical (unpaired) electrons. The van der Waals surface area contributed by atoms with E-state index in [4.69, 9.17) is 9.15 Å². The monoisotopic (exact) mass is 260 g/mol. The van der Waals surface area contributed by atoms with E-state index in [9.17, 15) is 4.79 Å². The van der Waals surface area contributed by atoms with Crippen LogP contribution in [0.1, 0.15) is 27.2 Å². The first-order valence-corrected chi connectivity index (χ1v) is 5.96. The average Bonchev–Trinajstić information content (AvgIpc) is 2.85. The van der Waals surface area contributed by atoms with Crippen molar-refractivity contribution in [3.63, 3.8) is 0 Å². The van der Waals surface area contributed by atoms with E-state index in [1.807, 2.05) is 32.0 Å². The molecule has 1 heterocycles. The molecule has 0 amide bonds. The molecule has 4 heteroatoms. The zero-order chi connectivity index (χ0) is 13.8. The Morgan fingerprint density at radius 2 is 2.05 bits per heavy atom. The normalized spacial score (nSPS) is 10.3. The molecule has 1 aromatic heterocycles. The Morgan fingerprint density at radius 1 is 1.26 bits per heavy atom. The number of methoxy groups -OCH3 is 1. The number of carbonyl (C=O) groups is 1. The fourth-order valence-electron chi connectivity index (χ4n) is 1.85. The van der Waals surface area contributed by atoms with Crippen molar-refractivity contribution in [1.29, 1.82) is 0 Å². The van der Waals surface area contributed by atoms with E-state index in [1.54, 1.807) is 6.07 Å². The van der Waals surface area contributed by atoms with E-state index >= 15 is 0 Å². The van der Waals surface area contributed by atoms with Crippen LogP contribution in [0, 0.1) is 13.8 Å². The van der Waals surface area contributed by atoms with E-state index < -0.39 is 5.97 Å². The lowest BCUT2D eigenvalue weighted by Gasteiger charge is -2.09. The molecule has 19 heavy (non-hydrogen) atoms. The molecular formula is C15H16O4. The summed E-state index contributed by atoms with van der Waals surface area (Å²) in [7, 11) is 1.34. The van der Waals surface area contributed by atoms with Crippen LogP contribution in [0.15, 0.2) is 34.9 Å². The second-order valence-electron chi connectivity index (χ2n) is 4.31. The predicted octanol–water partition coefficient (Wildman–Crippen LogP) is 3.26. The van der Waals surface area contributed by atoms with E-state index in [-0.39, 0.29) is 6.61 Å². The Balaban J connectivity index is 2.10. The Morgan fingerprint density at radius 3 is 2.74 bits per heavy atom. The fourth-order valence-corrected chi connectivity index (χ4v) is 1.85. The third-order valence-corrected chi connectivity index (χ3v) is 2.84. The van der Waals surface area contributed by atoms with Gasteiger partial charge in [-0.2, -0.15) is 0 Å². The molecule has 0 fully saturated rings. The molecule has 0 spiro atoms. The minimum absolute atomic E-state index is 0.196. The van der Waals surface area contributed by atoms with E-state index in [0.29, 0.717) is 11.3 Å². The second kappa shape index (κ2) is 5.61. The van der Waals surface area contributed by atoms with Gasteiger partial charge < -0.3 is 13.9 Å². The highest BCUT2D eigenvalue weighted by molar-refractivity contribution is 5.90. The lowest BCUT2D eigenvalue weighted by Crippen LogP contribution is -2.05. The summed E-state index contributed by atoms with van der Waals surface area (Å²) in [5, 5.41) is 0. The maximum absolute atomic E-state index is 11.5. The Hall–Kier alpha value is -2.23. The molecule has 0 saturated heterocycles. The summed E-state index contributed by atoms with van der Waals surface area (Å²) in [5.74, 6) is 0.817. The number of rotatable bonds is 4. The van der Waals surface area contributed by atoms with Crippen molar-refractivity contribution in [3.05, 3.63) is 53.0 Å². The van der Waals surface area contributed by atoms with Crippen LogP contribution in [0.4, 0.5) is 0 Å². The molecule has 0 unspecified atom stereocenters.